The smallest absolute Gasteiger partial charge is 0.332 e. The van der Waals surface area contributed by atoms with Gasteiger partial charge in [-0.3, -0.25) is 0 Å². The van der Waals surface area contributed by atoms with Gasteiger partial charge in [0.1, 0.15) is 0 Å². The number of nitrogens with zero attached hydrogens (tertiary/aromatic N) is 1. The van der Waals surface area contributed by atoms with Crippen LogP contribution in [0.1, 0.15) is 33.6 Å². The number of nitrogens with one attached hydrogen (secondary N) is 1. The number of thioether (sulfide) groups is 1. The van der Waals surface area contributed by atoms with Crippen LogP contribution in [0.25, 0.3) is 0 Å². The van der Waals surface area contributed by atoms with Crippen LogP contribution in [-0.4, -0.2) is 22.2 Å². The second-order valence-electron chi connectivity index (χ2n) is 3.97. The molecule has 3 N–H and O–H groups in total. The van der Waals surface area contributed by atoms with Crippen molar-refractivity contribution in [2.24, 2.45) is 16.8 Å². The Labute approximate surface area is 95.1 Å². The van der Waals surface area contributed by atoms with E-state index in [1.54, 1.807) is 0 Å². The van der Waals surface area contributed by atoms with Gasteiger partial charge in [-0.25, -0.2) is 10.2 Å². The second kappa shape index (κ2) is 5.39. The first-order valence-corrected chi connectivity index (χ1v) is 6.26. The molecule has 0 aromatic rings. The zero-order valence-corrected chi connectivity index (χ0v) is 10.3. The Bertz CT molecular complexity index is 267. The summed E-state index contributed by atoms with van der Waals surface area (Å²) in [5.41, 5.74) is 8.38. The molecule has 1 saturated heterocycles. The summed E-state index contributed by atoms with van der Waals surface area (Å²) in [6, 6.07) is -0.589. The molecule has 15 heavy (non-hydrogen) atoms. The Morgan fingerprint density at radius 2 is 2.33 bits per heavy atom. The molecule has 86 valence electrons. The van der Waals surface area contributed by atoms with Gasteiger partial charge in [-0.1, -0.05) is 20.8 Å². The quantitative estimate of drug-likeness (QED) is 0.711. The van der Waals surface area contributed by atoms with Crippen LogP contribution in [-0.2, 0) is 0 Å². The lowest BCUT2D eigenvalue weighted by molar-refractivity contribution is 0.249. The molecule has 1 rings (SSSR count). The number of carbonyl (C=O) groups excluding carboxylic acids is 1. The van der Waals surface area contributed by atoms with Gasteiger partial charge >= 0.3 is 6.03 Å². The van der Waals surface area contributed by atoms with Crippen molar-refractivity contribution in [1.82, 2.24) is 5.43 Å². The molecule has 0 unspecified atom stereocenters. The first-order chi connectivity index (χ1) is 7.04. The minimum absolute atomic E-state index is 0.419. The second-order valence-corrected chi connectivity index (χ2v) is 5.65. The van der Waals surface area contributed by atoms with E-state index < -0.39 is 6.03 Å². The van der Waals surface area contributed by atoms with E-state index in [2.05, 4.69) is 31.3 Å². The summed E-state index contributed by atoms with van der Waals surface area (Å²) < 4.78 is 0. The minimum Gasteiger partial charge on any atom is -0.350 e. The number of urea groups is 1. The first-order valence-electron chi connectivity index (χ1n) is 5.32. The van der Waals surface area contributed by atoms with Crippen molar-refractivity contribution in [2.45, 2.75) is 44.1 Å². The SMILES string of the molecule is CC[C@H]1S[C@@H](C)C/C(=N\NC(N)=O)[C@H]1C. The van der Waals surface area contributed by atoms with Crippen molar-refractivity contribution >= 4 is 23.5 Å². The summed E-state index contributed by atoms with van der Waals surface area (Å²) in [4.78, 5) is 10.6. The van der Waals surface area contributed by atoms with Gasteiger partial charge < -0.3 is 5.73 Å². The van der Waals surface area contributed by atoms with E-state index in [1.165, 1.54) is 0 Å². The van der Waals surface area contributed by atoms with E-state index in [4.69, 9.17) is 5.73 Å². The molecular weight excluding hydrogens is 210 g/mol. The number of rotatable bonds is 2. The third kappa shape index (κ3) is 3.41. The molecule has 2 amide bonds. The fourth-order valence-electron chi connectivity index (χ4n) is 1.88. The largest absolute Gasteiger partial charge is 0.350 e. The lowest BCUT2D eigenvalue weighted by Gasteiger charge is -2.32. The predicted molar refractivity (Wildman–Crippen MR) is 65.1 cm³/mol. The summed E-state index contributed by atoms with van der Waals surface area (Å²) in [5.74, 6) is 0.419. The lowest BCUT2D eigenvalue weighted by atomic mass is 9.95. The number of nitrogens with two attached hydrogens (primary N) is 1. The van der Waals surface area contributed by atoms with Crippen LogP contribution in [0.2, 0.25) is 0 Å². The van der Waals surface area contributed by atoms with Crippen LogP contribution in [0.3, 0.4) is 0 Å². The van der Waals surface area contributed by atoms with Gasteiger partial charge in [0.2, 0.25) is 0 Å². The van der Waals surface area contributed by atoms with Crippen LogP contribution in [0.4, 0.5) is 4.79 Å². The molecule has 3 atom stereocenters. The number of hydrazone groups is 1. The van der Waals surface area contributed by atoms with E-state index in [9.17, 15) is 4.79 Å². The van der Waals surface area contributed by atoms with Gasteiger partial charge in [0.15, 0.2) is 0 Å². The molecule has 1 aliphatic heterocycles. The number of primary amides is 1. The van der Waals surface area contributed by atoms with Gasteiger partial charge in [0.05, 0.1) is 0 Å². The molecule has 1 aliphatic rings. The average molecular weight is 229 g/mol. The molecule has 0 saturated carbocycles. The van der Waals surface area contributed by atoms with Crippen molar-refractivity contribution in [3.8, 4) is 0 Å². The molecule has 0 bridgehead atoms. The van der Waals surface area contributed by atoms with Gasteiger partial charge in [-0.2, -0.15) is 16.9 Å². The third-order valence-corrected chi connectivity index (χ3v) is 4.42. The first kappa shape index (κ1) is 12.4. The Morgan fingerprint density at radius 1 is 1.67 bits per heavy atom. The van der Waals surface area contributed by atoms with Crippen molar-refractivity contribution in [2.75, 3.05) is 0 Å². The third-order valence-electron chi connectivity index (χ3n) is 2.70. The molecule has 0 aromatic carbocycles. The van der Waals surface area contributed by atoms with Gasteiger partial charge in [0, 0.05) is 22.1 Å². The topological polar surface area (TPSA) is 67.5 Å². The molecular formula is C10H19N3OS. The number of carbonyl (C=O) groups is 1. The normalized spacial score (nSPS) is 34.1. The van der Waals surface area contributed by atoms with E-state index in [0.717, 1.165) is 18.6 Å². The Kier molecular flexibility index (Phi) is 4.45. The Balaban J connectivity index is 2.69. The number of hydrogen-bond acceptors (Lipinski definition) is 3. The molecule has 5 heteroatoms. The molecule has 1 heterocycles. The number of amides is 2. The molecule has 4 nitrogen and oxygen atoms in total. The van der Waals surface area contributed by atoms with Crippen LogP contribution < -0.4 is 11.2 Å². The van der Waals surface area contributed by atoms with Crippen LogP contribution >= 0.6 is 11.8 Å². The predicted octanol–water partition coefficient (Wildman–Crippen LogP) is 1.95. The van der Waals surface area contributed by atoms with E-state index >= 15 is 0 Å². The van der Waals surface area contributed by atoms with Crippen molar-refractivity contribution < 1.29 is 4.79 Å². The summed E-state index contributed by atoms with van der Waals surface area (Å²) in [7, 11) is 0. The highest BCUT2D eigenvalue weighted by Gasteiger charge is 2.29. The van der Waals surface area contributed by atoms with Crippen LogP contribution in [0.5, 0.6) is 0 Å². The minimum atomic E-state index is -0.589. The molecule has 0 aliphatic carbocycles. The summed E-state index contributed by atoms with van der Waals surface area (Å²) in [6.45, 7) is 6.54. The fraction of sp³-hybridized carbons (Fsp3) is 0.800. The standard InChI is InChI=1S/C10H19N3OS/c1-4-9-7(3)8(5-6(2)15-9)12-13-10(11)14/h6-7,9H,4-5H2,1-3H3,(H3,11,13,14)/b12-8+/t6-,7+,9+/m0/s1. The van der Waals surface area contributed by atoms with E-state index in [-0.39, 0.29) is 0 Å². The molecule has 0 spiro atoms. The van der Waals surface area contributed by atoms with Crippen LogP contribution in [0.15, 0.2) is 5.10 Å². The maximum absolute atomic E-state index is 10.6. The highest BCUT2D eigenvalue weighted by molar-refractivity contribution is 8.00. The summed E-state index contributed by atoms with van der Waals surface area (Å²) >= 11 is 2.01. The Hall–Kier alpha value is -0.710. The maximum Gasteiger partial charge on any atom is 0.332 e. The Morgan fingerprint density at radius 3 is 2.87 bits per heavy atom. The van der Waals surface area contributed by atoms with Crippen molar-refractivity contribution in [1.29, 1.82) is 0 Å². The van der Waals surface area contributed by atoms with E-state index in [0.29, 0.717) is 16.4 Å². The molecule has 0 radical (unpaired) electrons. The van der Waals surface area contributed by atoms with Crippen molar-refractivity contribution in [3.63, 3.8) is 0 Å². The average Bonchev–Trinajstić information content (AvgIpc) is 2.18. The van der Waals surface area contributed by atoms with Gasteiger partial charge in [0.25, 0.3) is 0 Å². The highest BCUT2D eigenvalue weighted by atomic mass is 32.2. The van der Waals surface area contributed by atoms with Crippen molar-refractivity contribution in [3.05, 3.63) is 0 Å². The summed E-state index contributed by atoms with van der Waals surface area (Å²) in [5, 5.41) is 5.26. The zero-order chi connectivity index (χ0) is 11.4. The van der Waals surface area contributed by atoms with Gasteiger partial charge in [-0.05, 0) is 12.8 Å². The maximum atomic E-state index is 10.6. The monoisotopic (exact) mass is 229 g/mol. The van der Waals surface area contributed by atoms with Gasteiger partial charge in [-0.15, -0.1) is 0 Å². The fourth-order valence-corrected chi connectivity index (χ4v) is 3.33. The van der Waals surface area contributed by atoms with Crippen LogP contribution in [0, 0.1) is 5.92 Å². The summed E-state index contributed by atoms with van der Waals surface area (Å²) in [6.07, 6.45) is 2.06. The zero-order valence-electron chi connectivity index (χ0n) is 9.49. The highest BCUT2D eigenvalue weighted by Crippen LogP contribution is 2.35. The molecule has 0 aromatic heterocycles. The number of hydrogen-bond donors (Lipinski definition) is 2. The lowest BCUT2D eigenvalue weighted by Crippen LogP contribution is -2.35. The molecule has 1 fully saturated rings. The van der Waals surface area contributed by atoms with E-state index in [1.807, 2.05) is 11.8 Å².